The van der Waals surface area contributed by atoms with Gasteiger partial charge in [0, 0.05) is 37.9 Å². The molecule has 1 heterocycles. The van der Waals surface area contributed by atoms with Crippen LogP contribution in [0.25, 0.3) is 0 Å². The Morgan fingerprint density at radius 2 is 1.79 bits per heavy atom. The summed E-state index contributed by atoms with van der Waals surface area (Å²) in [6.45, 7) is 16.3. The molecule has 0 bridgehead atoms. The van der Waals surface area contributed by atoms with Crippen molar-refractivity contribution < 1.29 is 9.59 Å². The summed E-state index contributed by atoms with van der Waals surface area (Å²) >= 11 is 0. The monoisotopic (exact) mass is 405 g/mol. The molecule has 0 fully saturated rings. The van der Waals surface area contributed by atoms with Crippen molar-refractivity contribution in [2.45, 2.75) is 86.7 Å². The molecule has 0 saturated heterocycles. The predicted octanol–water partition coefficient (Wildman–Crippen LogP) is 4.85. The Bertz CT molecular complexity index is 643. The van der Waals surface area contributed by atoms with E-state index in [1.807, 2.05) is 48.7 Å². The molecule has 1 aromatic rings. The van der Waals surface area contributed by atoms with Crippen LogP contribution in [0.2, 0.25) is 0 Å². The summed E-state index contributed by atoms with van der Waals surface area (Å²) in [6.07, 6.45) is 5.49. The van der Waals surface area contributed by atoms with Crippen LogP contribution >= 0.6 is 0 Å². The van der Waals surface area contributed by atoms with Gasteiger partial charge in [-0.05, 0) is 50.2 Å². The maximum absolute atomic E-state index is 13.1. The minimum atomic E-state index is 0.0105. The van der Waals surface area contributed by atoms with E-state index in [-0.39, 0.29) is 29.8 Å². The molecule has 2 amide bonds. The summed E-state index contributed by atoms with van der Waals surface area (Å²) < 4.78 is 2.05. The smallest absolute Gasteiger partial charge is 0.242 e. The molecule has 1 unspecified atom stereocenters. The Morgan fingerprint density at radius 3 is 2.28 bits per heavy atom. The molecule has 1 atom stereocenters. The lowest BCUT2D eigenvalue weighted by molar-refractivity contribution is -0.143. The third-order valence-electron chi connectivity index (χ3n) is 5.27. The van der Waals surface area contributed by atoms with E-state index in [2.05, 4.69) is 34.6 Å². The highest BCUT2D eigenvalue weighted by atomic mass is 16.2. The lowest BCUT2D eigenvalue weighted by atomic mass is 9.84. The number of unbranched alkanes of at least 4 members (excludes halogenated alkanes) is 1. The minimum absolute atomic E-state index is 0.0105. The largest absolute Gasteiger partial charge is 0.353 e. The Balaban J connectivity index is 2.83. The van der Waals surface area contributed by atoms with Crippen molar-refractivity contribution in [1.29, 1.82) is 0 Å². The molecule has 0 radical (unpaired) electrons. The molecule has 0 aromatic carbocycles. The zero-order valence-corrected chi connectivity index (χ0v) is 20.0. The summed E-state index contributed by atoms with van der Waals surface area (Å²) in [5.74, 6) is 0.419. The van der Waals surface area contributed by atoms with Crippen LogP contribution in [0.5, 0.6) is 0 Å². The molecule has 5 heteroatoms. The van der Waals surface area contributed by atoms with Gasteiger partial charge in [0.2, 0.25) is 11.8 Å². The number of nitrogens with zero attached hydrogens (tertiary/aromatic N) is 3. The zero-order valence-electron chi connectivity index (χ0n) is 20.0. The van der Waals surface area contributed by atoms with Crippen LogP contribution in [0.4, 0.5) is 0 Å². The first-order valence-electron chi connectivity index (χ1n) is 11.1. The van der Waals surface area contributed by atoms with Crippen molar-refractivity contribution in [3.05, 3.63) is 24.0 Å². The van der Waals surface area contributed by atoms with E-state index in [1.54, 1.807) is 4.90 Å². The second-order valence-corrected chi connectivity index (χ2v) is 9.97. The first-order chi connectivity index (χ1) is 13.4. The second-order valence-electron chi connectivity index (χ2n) is 9.97. The fraction of sp³-hybridized carbons (Fsp3) is 0.750. The minimum Gasteiger partial charge on any atom is -0.353 e. The highest BCUT2D eigenvalue weighted by Crippen LogP contribution is 2.26. The topological polar surface area (TPSA) is 45.6 Å². The number of hydrogen-bond acceptors (Lipinski definition) is 2. The maximum atomic E-state index is 13.1. The molecule has 0 saturated carbocycles. The summed E-state index contributed by atoms with van der Waals surface area (Å²) in [5, 5.41) is 0. The lowest BCUT2D eigenvalue weighted by Gasteiger charge is -2.31. The van der Waals surface area contributed by atoms with E-state index in [0.717, 1.165) is 31.5 Å². The molecule has 0 aliphatic rings. The van der Waals surface area contributed by atoms with Crippen LogP contribution in [0.3, 0.4) is 0 Å². The normalized spacial score (nSPS) is 12.9. The van der Waals surface area contributed by atoms with Gasteiger partial charge in [-0.1, -0.05) is 41.0 Å². The summed E-state index contributed by atoms with van der Waals surface area (Å²) in [7, 11) is 2.00. The van der Waals surface area contributed by atoms with E-state index >= 15 is 0 Å². The first-order valence-corrected chi connectivity index (χ1v) is 11.1. The van der Waals surface area contributed by atoms with Gasteiger partial charge in [-0.3, -0.25) is 9.59 Å². The molecular weight excluding hydrogens is 362 g/mol. The van der Waals surface area contributed by atoms with Gasteiger partial charge in [0.05, 0.1) is 13.1 Å². The number of aryl methyl sites for hydroxylation is 1. The SMILES string of the molecule is CCCCN(Cc1cccn1C)C(=O)CN(C(=O)CC(C)CC(C)(C)C)C(C)C. The third-order valence-corrected chi connectivity index (χ3v) is 5.27. The van der Waals surface area contributed by atoms with Crippen molar-refractivity contribution >= 4 is 11.8 Å². The van der Waals surface area contributed by atoms with Crippen LogP contribution in [0.1, 0.15) is 79.8 Å². The Morgan fingerprint density at radius 1 is 1.14 bits per heavy atom. The molecule has 29 heavy (non-hydrogen) atoms. The molecule has 0 aliphatic heterocycles. The molecule has 1 aromatic heterocycles. The number of amides is 2. The van der Waals surface area contributed by atoms with Crippen LogP contribution in [-0.4, -0.2) is 45.3 Å². The van der Waals surface area contributed by atoms with Gasteiger partial charge in [-0.15, -0.1) is 0 Å². The average Bonchev–Trinajstić information content (AvgIpc) is 2.98. The van der Waals surface area contributed by atoms with Crippen molar-refractivity contribution in [2.75, 3.05) is 13.1 Å². The van der Waals surface area contributed by atoms with Gasteiger partial charge in [0.15, 0.2) is 0 Å². The van der Waals surface area contributed by atoms with Gasteiger partial charge in [0.1, 0.15) is 0 Å². The number of carbonyl (C=O) groups is 2. The van der Waals surface area contributed by atoms with E-state index in [1.165, 1.54) is 0 Å². The molecular formula is C24H43N3O2. The van der Waals surface area contributed by atoms with E-state index in [4.69, 9.17) is 0 Å². The number of aromatic nitrogens is 1. The summed E-state index contributed by atoms with van der Waals surface area (Å²) in [6, 6.07) is 4.06. The van der Waals surface area contributed by atoms with Gasteiger partial charge in [0.25, 0.3) is 0 Å². The fourth-order valence-electron chi connectivity index (χ4n) is 3.83. The van der Waals surface area contributed by atoms with Crippen molar-refractivity contribution in [3.63, 3.8) is 0 Å². The molecule has 0 spiro atoms. The zero-order chi connectivity index (χ0) is 22.2. The molecule has 0 N–H and O–H groups in total. The third kappa shape index (κ3) is 9.05. The number of rotatable bonds is 11. The van der Waals surface area contributed by atoms with E-state index < -0.39 is 0 Å². The molecule has 5 nitrogen and oxygen atoms in total. The predicted molar refractivity (Wildman–Crippen MR) is 120 cm³/mol. The van der Waals surface area contributed by atoms with Gasteiger partial charge in [-0.25, -0.2) is 0 Å². The van der Waals surface area contributed by atoms with Crippen molar-refractivity contribution in [2.24, 2.45) is 18.4 Å². The molecule has 1 rings (SSSR count). The summed E-state index contributed by atoms with van der Waals surface area (Å²) in [4.78, 5) is 29.8. The number of hydrogen-bond donors (Lipinski definition) is 0. The Labute approximate surface area is 178 Å². The van der Waals surface area contributed by atoms with E-state index in [0.29, 0.717) is 18.9 Å². The van der Waals surface area contributed by atoms with Gasteiger partial charge >= 0.3 is 0 Å². The average molecular weight is 406 g/mol. The Kier molecular flexibility index (Phi) is 9.94. The standard InChI is InChI=1S/C24H43N3O2/c1-9-10-14-26(17-21-12-11-13-25(21)8)23(29)18-27(19(2)3)22(28)15-20(4)16-24(5,6)7/h11-13,19-20H,9-10,14-18H2,1-8H3. The van der Waals surface area contributed by atoms with E-state index in [9.17, 15) is 9.59 Å². The van der Waals surface area contributed by atoms with Gasteiger partial charge in [-0.2, -0.15) is 0 Å². The van der Waals surface area contributed by atoms with Gasteiger partial charge < -0.3 is 14.4 Å². The van der Waals surface area contributed by atoms with Crippen molar-refractivity contribution in [3.8, 4) is 0 Å². The summed E-state index contributed by atoms with van der Waals surface area (Å²) in [5.41, 5.74) is 1.31. The second kappa shape index (κ2) is 11.4. The highest BCUT2D eigenvalue weighted by Gasteiger charge is 2.26. The van der Waals surface area contributed by atoms with Crippen LogP contribution in [0.15, 0.2) is 18.3 Å². The van der Waals surface area contributed by atoms with Crippen molar-refractivity contribution in [1.82, 2.24) is 14.4 Å². The maximum Gasteiger partial charge on any atom is 0.242 e. The fourth-order valence-corrected chi connectivity index (χ4v) is 3.83. The Hall–Kier alpha value is -1.78. The first kappa shape index (κ1) is 25.3. The lowest BCUT2D eigenvalue weighted by Crippen LogP contribution is -2.46. The van der Waals surface area contributed by atoms with Crippen LogP contribution in [-0.2, 0) is 23.2 Å². The molecule has 166 valence electrons. The van der Waals surface area contributed by atoms with Crippen LogP contribution < -0.4 is 0 Å². The van der Waals surface area contributed by atoms with Crippen LogP contribution in [0, 0.1) is 11.3 Å². The highest BCUT2D eigenvalue weighted by molar-refractivity contribution is 5.85. The quantitative estimate of drug-likeness (QED) is 0.528. The number of carbonyl (C=O) groups excluding carboxylic acids is 2. The molecule has 0 aliphatic carbocycles.